The maximum atomic E-state index is 15.4. The van der Waals surface area contributed by atoms with Crippen molar-refractivity contribution in [3.8, 4) is 16.9 Å². The van der Waals surface area contributed by atoms with Crippen LogP contribution in [0.2, 0.25) is 0 Å². The highest BCUT2D eigenvalue weighted by molar-refractivity contribution is 9.10. The number of halogens is 2. The quantitative estimate of drug-likeness (QED) is 0.0874. The second-order valence-electron chi connectivity index (χ2n) is 17.0. The van der Waals surface area contributed by atoms with Crippen LogP contribution in [-0.2, 0) is 30.2 Å². The van der Waals surface area contributed by atoms with Gasteiger partial charge >= 0.3 is 13.6 Å². The number of piperazine rings is 1. The van der Waals surface area contributed by atoms with Crippen molar-refractivity contribution < 1.29 is 42.2 Å². The third-order valence-electron chi connectivity index (χ3n) is 12.8. The minimum atomic E-state index is -3.67. The van der Waals surface area contributed by atoms with E-state index in [0.29, 0.717) is 83.4 Å². The summed E-state index contributed by atoms with van der Waals surface area (Å²) < 4.78 is 48.1. The Morgan fingerprint density at radius 1 is 0.926 bits per heavy atom. The van der Waals surface area contributed by atoms with Gasteiger partial charge < -0.3 is 44.2 Å². The number of piperidine rings is 1. The van der Waals surface area contributed by atoms with Crippen molar-refractivity contribution in [2.24, 2.45) is 7.05 Å². The second kappa shape index (κ2) is 19.8. The molecule has 3 aromatic carbocycles. The first-order valence-corrected chi connectivity index (χ1v) is 24.4. The highest BCUT2D eigenvalue weighted by Crippen LogP contribution is 2.49. The summed E-state index contributed by atoms with van der Waals surface area (Å²) in [5.41, 5.74) is 4.76. The van der Waals surface area contributed by atoms with Gasteiger partial charge in [-0.3, -0.25) is 29.1 Å². The summed E-state index contributed by atoms with van der Waals surface area (Å²) >= 11 is 3.56. The van der Waals surface area contributed by atoms with Gasteiger partial charge in [0.2, 0.25) is 17.8 Å². The van der Waals surface area contributed by atoms with Crippen molar-refractivity contribution in [1.82, 2.24) is 30.0 Å². The summed E-state index contributed by atoms with van der Waals surface area (Å²) in [4.78, 5) is 54.1. The largest absolute Gasteiger partial charge is 0.494 e. The van der Waals surface area contributed by atoms with Crippen LogP contribution < -0.4 is 40.7 Å². The number of urea groups is 1. The highest BCUT2D eigenvalue weighted by Gasteiger charge is 2.38. The number of benzene rings is 3. The predicted octanol–water partition coefficient (Wildman–Crippen LogP) is 6.52. The normalized spacial score (nSPS) is 16.5. The van der Waals surface area contributed by atoms with Gasteiger partial charge in [0.05, 0.1) is 52.2 Å². The van der Waals surface area contributed by atoms with Gasteiger partial charge in [0.25, 0.3) is 0 Å². The number of hydrogen-bond acceptors (Lipinski definition) is 15. The lowest BCUT2D eigenvalue weighted by molar-refractivity contribution is -0.137. The molecule has 0 bridgehead atoms. The Labute approximate surface area is 401 Å². The van der Waals surface area contributed by atoms with Crippen molar-refractivity contribution in [1.29, 1.82) is 0 Å². The minimum absolute atomic E-state index is 0.0531. The van der Waals surface area contributed by atoms with Crippen LogP contribution in [-0.4, -0.2) is 120 Å². The van der Waals surface area contributed by atoms with Crippen molar-refractivity contribution in [2.45, 2.75) is 45.1 Å². The molecule has 8 rings (SSSR count). The lowest BCUT2D eigenvalue weighted by Gasteiger charge is -2.41. The summed E-state index contributed by atoms with van der Waals surface area (Å²) in [5.74, 6) is 0.120. The van der Waals surface area contributed by atoms with E-state index < -0.39 is 25.0 Å². The number of nitrogens with one attached hydrogen (secondary N) is 3. The van der Waals surface area contributed by atoms with Gasteiger partial charge in [-0.1, -0.05) is 6.07 Å². The number of ether oxygens (including phenoxy) is 1. The molecule has 5 heterocycles. The number of amides is 4. The molecule has 0 spiro atoms. The van der Waals surface area contributed by atoms with E-state index in [1.54, 1.807) is 47.3 Å². The van der Waals surface area contributed by atoms with E-state index in [-0.39, 0.29) is 50.0 Å². The summed E-state index contributed by atoms with van der Waals surface area (Å²) in [6.07, 6.45) is 5.92. The molecule has 4 N–H and O–H groups in total. The molecule has 3 fully saturated rings. The molecule has 4 amide bonds. The average molecular weight is 1020 g/mol. The Balaban J connectivity index is 0.941. The van der Waals surface area contributed by atoms with E-state index in [4.69, 9.17) is 18.8 Å². The van der Waals surface area contributed by atoms with Crippen LogP contribution in [0, 0.1) is 19.7 Å². The molecular weight excluding hydrogens is 964 g/mol. The molecule has 0 saturated carbocycles. The fourth-order valence-electron chi connectivity index (χ4n) is 8.83. The van der Waals surface area contributed by atoms with Gasteiger partial charge in [0.15, 0.2) is 0 Å². The van der Waals surface area contributed by atoms with Crippen molar-refractivity contribution >= 4 is 86.9 Å². The molecule has 360 valence electrons. The average Bonchev–Trinajstić information content (AvgIpc) is 3.77. The lowest BCUT2D eigenvalue weighted by atomic mass is 9.87. The standard InChI is InChI=1S/C46H54BrFN11O8P/c1-28-7-9-35(42(29(28)2)68(64,66-5)67-6)51-43-33(47)26-49-44(54-43)52-36-22-32(30-25-50-55(3)27-30)38(23-39(36)65-4)57-17-19-58(20-18-57)41(61)24-46(63)12-15-56(16-13-46)37-10-8-31(21-34(37)48)59-14-11-40(60)53-45(59)62/h7-10,21-23,25-27,63H,11-20,24H2,1-6H3,(H,53,60,62)(H2,49,51,52,54). The first-order chi connectivity index (χ1) is 32.5. The van der Waals surface area contributed by atoms with Crippen LogP contribution in [0.15, 0.2) is 65.5 Å². The van der Waals surface area contributed by atoms with Crippen LogP contribution in [0.25, 0.3) is 11.1 Å². The molecular formula is C46H54BrFN11O8P. The zero-order valence-electron chi connectivity index (χ0n) is 38.6. The Morgan fingerprint density at radius 2 is 1.65 bits per heavy atom. The van der Waals surface area contributed by atoms with E-state index in [1.807, 2.05) is 50.2 Å². The highest BCUT2D eigenvalue weighted by atomic mass is 79.9. The predicted molar refractivity (Wildman–Crippen MR) is 260 cm³/mol. The first-order valence-electron chi connectivity index (χ1n) is 22.0. The Morgan fingerprint density at radius 3 is 2.29 bits per heavy atom. The second-order valence-corrected chi connectivity index (χ2v) is 20.1. The zero-order chi connectivity index (χ0) is 48.5. The van der Waals surface area contributed by atoms with Crippen LogP contribution in [0.1, 0.15) is 36.8 Å². The lowest BCUT2D eigenvalue weighted by Crippen LogP contribution is -2.52. The summed E-state index contributed by atoms with van der Waals surface area (Å²) in [5, 5.41) is 25.3. The molecule has 0 radical (unpaired) electrons. The van der Waals surface area contributed by atoms with Gasteiger partial charge in [-0.05, 0) is 84.1 Å². The SMILES string of the molecule is COc1cc(N2CCN(C(=O)CC3(O)CCN(c4ccc(N5CCC(=O)NC5=O)cc4F)CC3)CC2)c(-c2cnn(C)c2)cc1Nc1ncc(Br)c(Nc2ccc(C)c(C)c2P(=O)(OC)OC)n1. The van der Waals surface area contributed by atoms with E-state index in [2.05, 4.69) is 46.9 Å². The minimum Gasteiger partial charge on any atom is -0.494 e. The van der Waals surface area contributed by atoms with Gasteiger partial charge in [0, 0.05) is 114 Å². The molecule has 22 heteroatoms. The van der Waals surface area contributed by atoms with Crippen molar-refractivity contribution in [3.63, 3.8) is 0 Å². The van der Waals surface area contributed by atoms with E-state index in [0.717, 1.165) is 27.9 Å². The number of rotatable bonds is 14. The van der Waals surface area contributed by atoms with E-state index in [1.165, 1.54) is 25.2 Å². The van der Waals surface area contributed by atoms with Crippen LogP contribution in [0.5, 0.6) is 5.75 Å². The van der Waals surface area contributed by atoms with Crippen molar-refractivity contribution in [3.05, 3.63) is 82.5 Å². The zero-order valence-corrected chi connectivity index (χ0v) is 41.1. The molecule has 5 aromatic rings. The fourth-order valence-corrected chi connectivity index (χ4v) is 10.6. The number of nitrogens with zero attached hydrogens (tertiary/aromatic N) is 8. The van der Waals surface area contributed by atoms with Gasteiger partial charge in [-0.25, -0.2) is 14.2 Å². The van der Waals surface area contributed by atoms with Crippen LogP contribution in [0.3, 0.4) is 0 Å². The molecule has 19 nitrogen and oxygen atoms in total. The molecule has 0 atom stereocenters. The maximum absolute atomic E-state index is 15.4. The topological polar surface area (TPSA) is 209 Å². The molecule has 3 aliphatic rings. The summed E-state index contributed by atoms with van der Waals surface area (Å²) in [7, 11) is 2.45. The number of carbonyl (C=O) groups excluding carboxylic acids is 3. The number of hydrogen-bond donors (Lipinski definition) is 4. The molecule has 68 heavy (non-hydrogen) atoms. The number of aliphatic hydroxyl groups is 1. The number of anilines is 7. The number of imide groups is 1. The monoisotopic (exact) mass is 1020 g/mol. The Bertz CT molecular complexity index is 2790. The fraction of sp³-hybridized carbons (Fsp3) is 0.391. The van der Waals surface area contributed by atoms with E-state index in [9.17, 15) is 24.1 Å². The molecule has 3 aliphatic heterocycles. The number of methoxy groups -OCH3 is 1. The first kappa shape index (κ1) is 48.3. The number of aromatic nitrogens is 4. The summed E-state index contributed by atoms with van der Waals surface area (Å²) in [6, 6.07) is 11.5. The van der Waals surface area contributed by atoms with Crippen LogP contribution in [0.4, 0.5) is 49.4 Å². The third kappa shape index (κ3) is 10.0. The molecule has 2 aromatic heterocycles. The molecule has 3 saturated heterocycles. The maximum Gasteiger partial charge on any atom is 0.363 e. The third-order valence-corrected chi connectivity index (χ3v) is 15.5. The van der Waals surface area contributed by atoms with Gasteiger partial charge in [-0.2, -0.15) is 10.1 Å². The van der Waals surface area contributed by atoms with Gasteiger partial charge in [0.1, 0.15) is 17.4 Å². The smallest absolute Gasteiger partial charge is 0.363 e. The van der Waals surface area contributed by atoms with Gasteiger partial charge in [-0.15, -0.1) is 0 Å². The summed E-state index contributed by atoms with van der Waals surface area (Å²) in [6.45, 7) is 6.48. The molecule has 0 aliphatic carbocycles. The molecule has 0 unspecified atom stereocenters. The van der Waals surface area contributed by atoms with Crippen LogP contribution >= 0.6 is 23.5 Å². The van der Waals surface area contributed by atoms with E-state index >= 15 is 4.39 Å². The Hall–Kier alpha value is -6.12. The van der Waals surface area contributed by atoms with Crippen molar-refractivity contribution in [2.75, 3.05) is 92.5 Å². The number of aryl methyl sites for hydroxylation is 2. The Kier molecular flexibility index (Phi) is 14.1. The number of carbonyl (C=O) groups is 3.